The van der Waals surface area contributed by atoms with Crippen LogP contribution < -0.4 is 26.2 Å². The first-order valence-corrected chi connectivity index (χ1v) is 17.9. The molecule has 3 atom stereocenters. The van der Waals surface area contributed by atoms with Gasteiger partial charge in [0.1, 0.15) is 21.9 Å². The van der Waals surface area contributed by atoms with Crippen LogP contribution in [0.1, 0.15) is 44.1 Å². The number of benzene rings is 2. The van der Waals surface area contributed by atoms with Crippen molar-refractivity contribution in [3.8, 4) is 0 Å². The van der Waals surface area contributed by atoms with Crippen LogP contribution in [-0.2, 0) is 40.9 Å². The fraction of sp³-hybridized carbons (Fsp3) is 0.464. The summed E-state index contributed by atoms with van der Waals surface area (Å²) in [6.45, 7) is 0.881. The van der Waals surface area contributed by atoms with Crippen LogP contribution in [0.25, 0.3) is 0 Å². The molecule has 0 radical (unpaired) electrons. The molecule has 270 valence electrons. The standard InChI is InChI=1S/C21H31N3O5.C7H8ClN3O4S2.2H2O/c22-13-5-4-9-16(19(25)24-14-6-10-18(24)21(28)29)23-17(20(26)27)12-11-15-7-2-1-3-8-15;8-4-1-5-7(2-6(4)16(9,12)13)17(14,15)11-3-10-5;;/h1-3,7-8,16-18,23H,4-6,9-14,22H2,(H,26,27)(H,28,29);1-2,10-11H,3H2,(H2,9,12,13);2*1H2/t16-,17-,18-;;;/m0.../s1. The minimum atomic E-state index is -4.07. The maximum absolute atomic E-state index is 13.1. The third-order valence-corrected chi connectivity index (χ3v) is 10.3. The van der Waals surface area contributed by atoms with Gasteiger partial charge in [-0.15, -0.1) is 0 Å². The van der Waals surface area contributed by atoms with Gasteiger partial charge in [0.2, 0.25) is 26.0 Å². The maximum atomic E-state index is 13.1. The minimum absolute atomic E-state index is 0. The number of aliphatic carboxylic acids is 2. The minimum Gasteiger partial charge on any atom is -0.480 e. The number of primary sulfonamides is 1. The molecule has 0 aliphatic carbocycles. The number of likely N-dealkylation sites (tertiary alicyclic amines) is 1. The van der Waals surface area contributed by atoms with Crippen LogP contribution in [0.3, 0.4) is 0 Å². The zero-order valence-electron chi connectivity index (χ0n) is 25.9. The largest absolute Gasteiger partial charge is 0.480 e. The molecule has 48 heavy (non-hydrogen) atoms. The zero-order chi connectivity index (χ0) is 34.1. The number of nitrogens with zero attached hydrogens (tertiary/aromatic N) is 1. The van der Waals surface area contributed by atoms with E-state index in [9.17, 15) is 41.4 Å². The molecule has 0 unspecified atom stereocenters. The Morgan fingerprint density at radius 3 is 2.31 bits per heavy atom. The predicted molar refractivity (Wildman–Crippen MR) is 177 cm³/mol. The van der Waals surface area contributed by atoms with Crippen molar-refractivity contribution in [2.45, 2.75) is 72.9 Å². The number of hydrogen-bond donors (Lipinski definition) is 7. The molecule has 0 aromatic heterocycles. The van der Waals surface area contributed by atoms with Crippen molar-refractivity contribution in [1.29, 1.82) is 0 Å². The summed E-state index contributed by atoms with van der Waals surface area (Å²) in [5, 5.41) is 29.6. The molecule has 20 heteroatoms. The molecule has 1 amide bonds. The number of carboxylic acid groups (broad SMARTS) is 2. The Labute approximate surface area is 283 Å². The van der Waals surface area contributed by atoms with Crippen molar-refractivity contribution in [2.24, 2.45) is 10.9 Å². The Kier molecular flexibility index (Phi) is 16.8. The fourth-order valence-corrected chi connectivity index (χ4v) is 7.44. The summed E-state index contributed by atoms with van der Waals surface area (Å²) in [4.78, 5) is 37.1. The molecule has 2 aromatic carbocycles. The van der Waals surface area contributed by atoms with Crippen LogP contribution >= 0.6 is 11.6 Å². The Balaban J connectivity index is 0.000000518. The number of carbonyl (C=O) groups excluding carboxylic acids is 1. The Morgan fingerprint density at radius 2 is 1.73 bits per heavy atom. The summed E-state index contributed by atoms with van der Waals surface area (Å²) >= 11 is 5.72. The van der Waals surface area contributed by atoms with Gasteiger partial charge in [-0.05, 0) is 62.8 Å². The smallest absolute Gasteiger partial charge is 0.326 e. The second-order valence-corrected chi connectivity index (χ2v) is 14.4. The number of unbranched alkanes of at least 4 members (excludes halogenated alkanes) is 1. The van der Waals surface area contributed by atoms with Crippen LogP contribution in [0.2, 0.25) is 5.02 Å². The fourth-order valence-electron chi connectivity index (χ4n) is 5.15. The third kappa shape index (κ3) is 11.6. The van der Waals surface area contributed by atoms with Crippen LogP contribution in [0, 0.1) is 0 Å². The number of carboxylic acids is 2. The van der Waals surface area contributed by atoms with E-state index < -0.39 is 55.0 Å². The van der Waals surface area contributed by atoms with E-state index in [2.05, 4.69) is 15.4 Å². The number of hydrogen-bond acceptors (Lipinski definition) is 10. The number of nitrogens with two attached hydrogens (primary N) is 2. The van der Waals surface area contributed by atoms with Gasteiger partial charge in [-0.1, -0.05) is 48.4 Å². The van der Waals surface area contributed by atoms with E-state index in [0.717, 1.165) is 18.1 Å². The van der Waals surface area contributed by atoms with Crippen LogP contribution in [0.15, 0.2) is 52.3 Å². The predicted octanol–water partition coefficient (Wildman–Crippen LogP) is -0.765. The molecular formula is C28H43ClN6O11S2. The summed E-state index contributed by atoms with van der Waals surface area (Å²) in [5.74, 6) is -2.37. The van der Waals surface area contributed by atoms with Crippen LogP contribution in [0.5, 0.6) is 0 Å². The molecule has 1 saturated heterocycles. The third-order valence-electron chi connectivity index (χ3n) is 7.50. The SMILES string of the molecule is NCCCC[C@H](N[C@@H](CCc1ccccc1)C(=O)O)C(=O)N1CCC[C@H]1C(=O)O.NS(=O)(=O)c1cc2c(cc1Cl)NCNS2(=O)=O.O.O. The average Bonchev–Trinajstić information content (AvgIpc) is 3.48. The van der Waals surface area contributed by atoms with E-state index in [-0.39, 0.29) is 39.1 Å². The molecule has 4 rings (SSSR count). The van der Waals surface area contributed by atoms with E-state index in [1.54, 1.807) is 0 Å². The topological polar surface area (TPSA) is 314 Å². The number of fused-ring (bicyclic) bond motifs is 1. The second kappa shape index (κ2) is 19.0. The van der Waals surface area contributed by atoms with Gasteiger partial charge in [0.25, 0.3) is 0 Å². The number of amides is 1. The summed E-state index contributed by atoms with van der Waals surface area (Å²) < 4.78 is 47.9. The molecule has 2 aliphatic rings. The Morgan fingerprint density at radius 1 is 1.06 bits per heavy atom. The summed E-state index contributed by atoms with van der Waals surface area (Å²) in [5.41, 5.74) is 6.81. The zero-order valence-corrected chi connectivity index (χ0v) is 28.3. The van der Waals surface area contributed by atoms with Crippen molar-refractivity contribution in [1.82, 2.24) is 14.9 Å². The van der Waals surface area contributed by atoms with Gasteiger partial charge in [-0.25, -0.2) is 26.8 Å². The van der Waals surface area contributed by atoms with Crippen molar-refractivity contribution < 1.29 is 52.4 Å². The molecule has 2 heterocycles. The van der Waals surface area contributed by atoms with E-state index in [4.69, 9.17) is 22.5 Å². The van der Waals surface area contributed by atoms with E-state index in [1.165, 1.54) is 11.0 Å². The van der Waals surface area contributed by atoms with Crippen molar-refractivity contribution in [3.63, 3.8) is 0 Å². The molecule has 0 saturated carbocycles. The number of aryl methyl sites for hydroxylation is 1. The number of anilines is 1. The van der Waals surface area contributed by atoms with Gasteiger partial charge in [0, 0.05) is 6.54 Å². The van der Waals surface area contributed by atoms with Crippen LogP contribution in [-0.4, -0.2) is 98.6 Å². The van der Waals surface area contributed by atoms with Gasteiger partial charge in [-0.2, -0.15) is 4.72 Å². The molecule has 0 bridgehead atoms. The Bertz CT molecular complexity index is 1610. The molecule has 17 nitrogen and oxygen atoms in total. The Hall–Kier alpha value is -3.40. The quantitative estimate of drug-likeness (QED) is 0.125. The highest BCUT2D eigenvalue weighted by Gasteiger charge is 2.38. The normalized spacial score (nSPS) is 17.6. The molecule has 2 aliphatic heterocycles. The average molecular weight is 739 g/mol. The maximum Gasteiger partial charge on any atom is 0.326 e. The second-order valence-electron chi connectivity index (χ2n) is 10.8. The van der Waals surface area contributed by atoms with Crippen LogP contribution in [0.4, 0.5) is 5.69 Å². The van der Waals surface area contributed by atoms with Crippen molar-refractivity contribution in [2.75, 3.05) is 25.1 Å². The lowest BCUT2D eigenvalue weighted by Gasteiger charge is -2.29. The number of carbonyl (C=O) groups is 3. The summed E-state index contributed by atoms with van der Waals surface area (Å²) in [6.07, 6.45) is 3.76. The van der Waals surface area contributed by atoms with Gasteiger partial charge in [-0.3, -0.25) is 14.9 Å². The first kappa shape index (κ1) is 42.6. The highest BCUT2D eigenvalue weighted by atomic mass is 35.5. The molecular weight excluding hydrogens is 696 g/mol. The number of sulfonamides is 2. The summed E-state index contributed by atoms with van der Waals surface area (Å²) in [7, 11) is -7.80. The lowest BCUT2D eigenvalue weighted by molar-refractivity contribution is -0.149. The first-order valence-electron chi connectivity index (χ1n) is 14.5. The van der Waals surface area contributed by atoms with Crippen molar-refractivity contribution >= 4 is 55.2 Å². The van der Waals surface area contributed by atoms with Gasteiger partial charge < -0.3 is 37.1 Å². The van der Waals surface area contributed by atoms with E-state index in [1.807, 2.05) is 30.3 Å². The number of halogens is 1. The van der Waals surface area contributed by atoms with E-state index >= 15 is 0 Å². The van der Waals surface area contributed by atoms with Gasteiger partial charge >= 0.3 is 11.9 Å². The summed E-state index contributed by atoms with van der Waals surface area (Å²) in [6, 6.07) is 9.25. The van der Waals surface area contributed by atoms with Crippen molar-refractivity contribution in [3.05, 3.63) is 53.1 Å². The van der Waals surface area contributed by atoms with E-state index in [0.29, 0.717) is 51.6 Å². The lowest BCUT2D eigenvalue weighted by Crippen LogP contribution is -2.54. The van der Waals surface area contributed by atoms with Gasteiger partial charge in [0.05, 0.1) is 23.4 Å². The first-order chi connectivity index (χ1) is 21.7. The monoisotopic (exact) mass is 738 g/mol. The number of rotatable bonds is 13. The molecule has 0 spiro atoms. The lowest BCUT2D eigenvalue weighted by atomic mass is 10.0. The molecule has 1 fully saturated rings. The highest BCUT2D eigenvalue weighted by molar-refractivity contribution is 7.90. The number of nitrogens with one attached hydrogen (secondary N) is 3. The molecule has 2 aromatic rings. The van der Waals surface area contributed by atoms with Gasteiger partial charge in [0.15, 0.2) is 0 Å². The highest BCUT2D eigenvalue weighted by Crippen LogP contribution is 2.32. The molecule has 13 N–H and O–H groups in total.